The van der Waals surface area contributed by atoms with Crippen LogP contribution in [0.2, 0.25) is 0 Å². The minimum atomic E-state index is -2.75. The van der Waals surface area contributed by atoms with E-state index in [1.807, 2.05) is 0 Å². The molecule has 0 spiro atoms. The Morgan fingerprint density at radius 2 is 1.81 bits per heavy atom. The number of ketones is 2. The third kappa shape index (κ3) is 3.40. The molecule has 1 saturated carbocycles. The van der Waals surface area contributed by atoms with Gasteiger partial charge in [0.05, 0.1) is 23.4 Å². The highest BCUT2D eigenvalue weighted by molar-refractivity contribution is 6.22. The number of primary amides is 1. The SMILES string of the molecule is CN(C)CC(=O)Nc1ccc2c(c1O)C(O)=C1C(=O)[C@]3(O)C(O)=C(C(N)=O)C(=O)C[C@@H]3C[C@@H]1C2(C)O. The van der Waals surface area contributed by atoms with Crippen molar-refractivity contribution in [3.8, 4) is 5.75 Å². The van der Waals surface area contributed by atoms with Gasteiger partial charge in [0, 0.05) is 23.8 Å². The molecule has 1 fully saturated rings. The average Bonchev–Trinajstić information content (AvgIpc) is 2.75. The Morgan fingerprint density at radius 1 is 1.17 bits per heavy atom. The molecule has 4 rings (SSSR count). The quantitative estimate of drug-likeness (QED) is 0.209. The van der Waals surface area contributed by atoms with Crippen LogP contribution in [0, 0.1) is 11.8 Å². The van der Waals surface area contributed by atoms with Crippen LogP contribution >= 0.6 is 0 Å². The number of fused-ring (bicyclic) bond motifs is 3. The van der Waals surface area contributed by atoms with Crippen molar-refractivity contribution in [3.63, 3.8) is 0 Å². The second-order valence-corrected chi connectivity index (χ2v) is 9.88. The van der Waals surface area contributed by atoms with Crippen LogP contribution in [0.4, 0.5) is 5.69 Å². The number of anilines is 1. The van der Waals surface area contributed by atoms with Crippen LogP contribution in [0.25, 0.3) is 5.76 Å². The molecule has 12 nitrogen and oxygen atoms in total. The number of benzene rings is 1. The first kappa shape index (κ1) is 25.4. The van der Waals surface area contributed by atoms with E-state index >= 15 is 0 Å². The Labute approximate surface area is 205 Å². The van der Waals surface area contributed by atoms with Crippen LogP contribution in [0.15, 0.2) is 29.0 Å². The van der Waals surface area contributed by atoms with E-state index in [9.17, 15) is 44.7 Å². The van der Waals surface area contributed by atoms with Crippen molar-refractivity contribution in [2.45, 2.75) is 31.0 Å². The lowest BCUT2D eigenvalue weighted by Gasteiger charge is -2.50. The highest BCUT2D eigenvalue weighted by Gasteiger charge is 2.63. The van der Waals surface area contributed by atoms with Gasteiger partial charge in [0.25, 0.3) is 5.91 Å². The standard InChI is InChI=1S/C24H27N3O9/c1-23(35)10-4-5-12(26-14(29)8-27(2)3)18(30)15(10)19(31)16-11(23)6-9-7-13(28)17(22(25)34)21(33)24(9,36)20(16)32/h4-5,9,11,30-31,33,35-36H,6-8H2,1-3H3,(H2,25,34)(H,26,29)/t9-,11-,23?,24-/m0/s1. The van der Waals surface area contributed by atoms with Gasteiger partial charge in [-0.3, -0.25) is 19.2 Å². The fourth-order valence-corrected chi connectivity index (χ4v) is 5.49. The third-order valence-corrected chi connectivity index (χ3v) is 7.23. The van der Waals surface area contributed by atoms with Crippen molar-refractivity contribution in [1.82, 2.24) is 4.90 Å². The van der Waals surface area contributed by atoms with Crippen LogP contribution in [0.1, 0.15) is 30.9 Å². The Hall–Kier alpha value is -3.74. The van der Waals surface area contributed by atoms with Gasteiger partial charge >= 0.3 is 0 Å². The molecule has 1 aromatic rings. The van der Waals surface area contributed by atoms with Crippen LogP contribution in [-0.4, -0.2) is 80.1 Å². The second kappa shape index (κ2) is 8.15. The number of carbonyl (C=O) groups excluding carboxylic acids is 4. The molecule has 0 bridgehead atoms. The van der Waals surface area contributed by atoms with Crippen molar-refractivity contribution in [2.24, 2.45) is 17.6 Å². The molecule has 3 aliphatic rings. The lowest BCUT2D eigenvalue weighted by Crippen LogP contribution is -2.60. The predicted octanol–water partition coefficient (Wildman–Crippen LogP) is -0.411. The molecule has 0 heterocycles. The number of phenolic OH excluding ortho intramolecular Hbond substituents is 1. The molecule has 0 radical (unpaired) electrons. The van der Waals surface area contributed by atoms with Crippen LogP contribution in [0.3, 0.4) is 0 Å². The first-order valence-electron chi connectivity index (χ1n) is 11.1. The summed E-state index contributed by atoms with van der Waals surface area (Å²) in [5.74, 6) is -8.85. The fourth-order valence-electron chi connectivity index (χ4n) is 5.49. The molecule has 0 aliphatic heterocycles. The van der Waals surface area contributed by atoms with E-state index in [0.717, 1.165) is 0 Å². The molecule has 2 amide bonds. The molecule has 1 aromatic carbocycles. The molecule has 1 unspecified atom stereocenters. The number of nitrogens with zero attached hydrogens (tertiary/aromatic N) is 1. The van der Waals surface area contributed by atoms with Crippen molar-refractivity contribution >= 4 is 34.8 Å². The molecule has 3 aliphatic carbocycles. The Bertz CT molecular complexity index is 1290. The summed E-state index contributed by atoms with van der Waals surface area (Å²) < 4.78 is 0. The highest BCUT2D eigenvalue weighted by Crippen LogP contribution is 2.57. The Balaban J connectivity index is 1.90. The van der Waals surface area contributed by atoms with E-state index in [4.69, 9.17) is 5.73 Å². The number of Topliss-reactive ketones (excluding diaryl/α,β-unsaturated/α-hetero) is 2. The van der Waals surface area contributed by atoms with E-state index in [1.165, 1.54) is 19.1 Å². The smallest absolute Gasteiger partial charge is 0.255 e. The number of aliphatic hydroxyl groups excluding tert-OH is 2. The van der Waals surface area contributed by atoms with Crippen molar-refractivity contribution in [3.05, 3.63) is 40.2 Å². The maximum Gasteiger partial charge on any atom is 0.255 e. The number of amides is 2. The zero-order valence-corrected chi connectivity index (χ0v) is 19.8. The maximum absolute atomic E-state index is 13.6. The zero-order chi connectivity index (χ0) is 26.9. The van der Waals surface area contributed by atoms with Gasteiger partial charge in [-0.05, 0) is 39.1 Å². The lowest BCUT2D eigenvalue weighted by atomic mass is 9.56. The van der Waals surface area contributed by atoms with Gasteiger partial charge in [0.15, 0.2) is 11.4 Å². The summed E-state index contributed by atoms with van der Waals surface area (Å²) in [6, 6.07) is 2.72. The molecule has 0 saturated heterocycles. The van der Waals surface area contributed by atoms with Gasteiger partial charge in [-0.1, -0.05) is 6.07 Å². The number of aliphatic hydroxyl groups is 4. The molecular weight excluding hydrogens is 474 g/mol. The average molecular weight is 501 g/mol. The first-order valence-corrected chi connectivity index (χ1v) is 11.1. The normalized spacial score (nSPS) is 29.6. The summed E-state index contributed by atoms with van der Waals surface area (Å²) >= 11 is 0. The Morgan fingerprint density at radius 3 is 2.39 bits per heavy atom. The molecular formula is C24H27N3O9. The van der Waals surface area contributed by atoms with E-state index in [0.29, 0.717) is 0 Å². The van der Waals surface area contributed by atoms with Gasteiger partial charge in [-0.15, -0.1) is 0 Å². The summed E-state index contributed by atoms with van der Waals surface area (Å²) in [6.07, 6.45) is -0.724. The van der Waals surface area contributed by atoms with Crippen molar-refractivity contribution < 1.29 is 44.7 Å². The monoisotopic (exact) mass is 501 g/mol. The predicted molar refractivity (Wildman–Crippen MR) is 124 cm³/mol. The fraction of sp³-hybridized carbons (Fsp3) is 0.417. The van der Waals surface area contributed by atoms with Gasteiger partial charge < -0.3 is 41.5 Å². The molecule has 4 atom stereocenters. The number of aromatic hydroxyl groups is 1. The van der Waals surface area contributed by atoms with Gasteiger partial charge in [-0.2, -0.15) is 0 Å². The third-order valence-electron chi connectivity index (χ3n) is 7.23. The number of hydrogen-bond acceptors (Lipinski definition) is 10. The molecule has 0 aromatic heterocycles. The van der Waals surface area contributed by atoms with Crippen molar-refractivity contribution in [2.75, 3.05) is 26.0 Å². The van der Waals surface area contributed by atoms with E-state index < -0.39 is 81.3 Å². The largest absolute Gasteiger partial charge is 0.508 e. The van der Waals surface area contributed by atoms with Crippen LogP contribution < -0.4 is 11.1 Å². The van der Waals surface area contributed by atoms with E-state index in [1.54, 1.807) is 19.0 Å². The maximum atomic E-state index is 13.6. The summed E-state index contributed by atoms with van der Waals surface area (Å²) in [4.78, 5) is 51.6. The van der Waals surface area contributed by atoms with Gasteiger partial charge in [0.2, 0.25) is 11.7 Å². The summed E-state index contributed by atoms with van der Waals surface area (Å²) in [6.45, 7) is 1.34. The lowest BCUT2D eigenvalue weighted by molar-refractivity contribution is -0.152. The molecule has 12 heteroatoms. The summed E-state index contributed by atoms with van der Waals surface area (Å²) in [5, 5.41) is 58.0. The number of nitrogens with one attached hydrogen (secondary N) is 1. The number of nitrogens with two attached hydrogens (primary N) is 1. The zero-order valence-electron chi connectivity index (χ0n) is 19.8. The number of rotatable bonds is 4. The number of hydrogen-bond donors (Lipinski definition) is 7. The molecule has 36 heavy (non-hydrogen) atoms. The summed E-state index contributed by atoms with van der Waals surface area (Å²) in [5.41, 5.74) is -1.23. The van der Waals surface area contributed by atoms with Gasteiger partial charge in [-0.25, -0.2) is 0 Å². The Kier molecular flexibility index (Phi) is 5.74. The number of carbonyl (C=O) groups is 4. The summed E-state index contributed by atoms with van der Waals surface area (Å²) in [7, 11) is 3.33. The molecule has 8 N–H and O–H groups in total. The van der Waals surface area contributed by atoms with E-state index in [-0.39, 0.29) is 29.8 Å². The van der Waals surface area contributed by atoms with Crippen molar-refractivity contribution in [1.29, 1.82) is 0 Å². The van der Waals surface area contributed by atoms with Crippen LogP contribution in [0.5, 0.6) is 5.75 Å². The van der Waals surface area contributed by atoms with Gasteiger partial charge in [0.1, 0.15) is 22.8 Å². The first-order chi connectivity index (χ1) is 16.6. The van der Waals surface area contributed by atoms with Crippen LogP contribution in [-0.2, 0) is 24.8 Å². The minimum Gasteiger partial charge on any atom is -0.508 e. The minimum absolute atomic E-state index is 0.0111. The highest BCUT2D eigenvalue weighted by atomic mass is 16.3. The van der Waals surface area contributed by atoms with E-state index in [2.05, 4.69) is 5.32 Å². The number of phenols is 1. The second-order valence-electron chi connectivity index (χ2n) is 9.88. The number of likely N-dealkylation sites (N-methyl/N-ethyl adjacent to an activating group) is 1. The topological polar surface area (TPSA) is 211 Å². The molecule has 192 valence electrons.